The van der Waals surface area contributed by atoms with Gasteiger partial charge in [-0.05, 0) is 45.9 Å². The maximum atomic E-state index is 12.2. The number of halogens is 3. The number of hydrogen-bond acceptors (Lipinski definition) is 3. The van der Waals surface area contributed by atoms with Gasteiger partial charge in [0.15, 0.2) is 0 Å². The molecule has 2 rings (SSSR count). The van der Waals surface area contributed by atoms with Crippen LogP contribution >= 0.6 is 54.8 Å². The number of aryl methyl sites for hydroxylation is 1. The summed E-state index contributed by atoms with van der Waals surface area (Å²) >= 11 is 13.7. The molecular formula is C13H8Br2ClNO3S. The summed E-state index contributed by atoms with van der Waals surface area (Å²) in [4.78, 5) is 23.9. The molecule has 1 aromatic carbocycles. The molecule has 2 aromatic rings. The number of aromatic carboxylic acids is 1. The van der Waals surface area contributed by atoms with Crippen LogP contribution in [-0.2, 0) is 0 Å². The van der Waals surface area contributed by atoms with E-state index in [1.54, 1.807) is 18.4 Å². The third-order valence-electron chi connectivity index (χ3n) is 2.63. The van der Waals surface area contributed by atoms with E-state index in [2.05, 4.69) is 37.2 Å². The van der Waals surface area contributed by atoms with E-state index in [1.165, 1.54) is 17.4 Å². The van der Waals surface area contributed by atoms with E-state index in [1.807, 2.05) is 0 Å². The molecule has 8 heteroatoms. The maximum absolute atomic E-state index is 12.2. The van der Waals surface area contributed by atoms with Crippen LogP contribution in [0.2, 0.25) is 5.02 Å². The van der Waals surface area contributed by atoms with Gasteiger partial charge in [0.1, 0.15) is 4.88 Å². The zero-order valence-corrected chi connectivity index (χ0v) is 15.3. The molecule has 1 aromatic heterocycles. The highest BCUT2D eigenvalue weighted by atomic mass is 79.9. The quantitative estimate of drug-likeness (QED) is 0.673. The lowest BCUT2D eigenvalue weighted by Gasteiger charge is -2.11. The molecule has 0 bridgehead atoms. The standard InChI is InChI=1S/C13H8Br2ClNO3S/c1-5-4-21-11(9(5)16)12(18)17-10-7(13(19)20)2-6(14)3-8(10)15/h2-4H,1H3,(H,17,18)(H,19,20). The molecule has 0 spiro atoms. The molecule has 0 unspecified atom stereocenters. The van der Waals surface area contributed by atoms with Crippen molar-refractivity contribution < 1.29 is 14.7 Å². The number of thiophene rings is 1. The van der Waals surface area contributed by atoms with E-state index in [9.17, 15) is 14.7 Å². The van der Waals surface area contributed by atoms with E-state index in [4.69, 9.17) is 11.6 Å². The number of rotatable bonds is 3. The van der Waals surface area contributed by atoms with E-state index >= 15 is 0 Å². The van der Waals surface area contributed by atoms with Gasteiger partial charge in [-0.1, -0.05) is 27.5 Å². The Bertz CT molecular complexity index is 745. The van der Waals surface area contributed by atoms with Crippen molar-refractivity contribution in [2.75, 3.05) is 5.32 Å². The van der Waals surface area contributed by atoms with Crippen molar-refractivity contribution in [1.82, 2.24) is 0 Å². The van der Waals surface area contributed by atoms with Crippen molar-refractivity contribution >= 4 is 72.4 Å². The largest absolute Gasteiger partial charge is 0.478 e. The lowest BCUT2D eigenvalue weighted by atomic mass is 10.1. The second-order valence-electron chi connectivity index (χ2n) is 4.13. The molecule has 1 amide bonds. The van der Waals surface area contributed by atoms with Gasteiger partial charge in [0, 0.05) is 8.95 Å². The minimum absolute atomic E-state index is 0.0194. The number of carboxylic acid groups (broad SMARTS) is 1. The number of carboxylic acids is 1. The fourth-order valence-corrected chi connectivity index (χ4v) is 4.12. The van der Waals surface area contributed by atoms with E-state index in [0.29, 0.717) is 18.8 Å². The first-order valence-corrected chi connectivity index (χ1v) is 8.43. The maximum Gasteiger partial charge on any atom is 0.337 e. The smallest absolute Gasteiger partial charge is 0.337 e. The molecule has 0 saturated heterocycles. The minimum atomic E-state index is -1.14. The summed E-state index contributed by atoms with van der Waals surface area (Å²) in [7, 11) is 0. The van der Waals surface area contributed by atoms with Crippen LogP contribution in [0.4, 0.5) is 5.69 Å². The Labute approximate surface area is 146 Å². The molecule has 2 N–H and O–H groups in total. The van der Waals surface area contributed by atoms with E-state index in [-0.39, 0.29) is 11.3 Å². The molecule has 0 aliphatic rings. The Balaban J connectivity index is 2.42. The molecule has 0 saturated carbocycles. The number of anilines is 1. The Kier molecular flexibility index (Phi) is 5.08. The number of carbonyl (C=O) groups excluding carboxylic acids is 1. The second kappa shape index (κ2) is 6.48. The summed E-state index contributed by atoms with van der Waals surface area (Å²) in [5.41, 5.74) is 0.979. The fourth-order valence-electron chi connectivity index (χ4n) is 1.62. The van der Waals surface area contributed by atoms with Crippen LogP contribution in [0.1, 0.15) is 25.6 Å². The van der Waals surface area contributed by atoms with Gasteiger partial charge >= 0.3 is 5.97 Å². The number of benzene rings is 1. The summed E-state index contributed by atoms with van der Waals surface area (Å²) < 4.78 is 1.06. The summed E-state index contributed by atoms with van der Waals surface area (Å²) in [6.45, 7) is 1.80. The SMILES string of the molecule is Cc1csc(C(=O)Nc2c(Br)cc(Br)cc2C(=O)O)c1Cl. The van der Waals surface area contributed by atoms with Crippen molar-refractivity contribution in [3.8, 4) is 0 Å². The van der Waals surface area contributed by atoms with E-state index < -0.39 is 11.9 Å². The summed E-state index contributed by atoms with van der Waals surface area (Å²) in [5.74, 6) is -1.58. The number of hydrogen-bond donors (Lipinski definition) is 2. The van der Waals surface area contributed by atoms with Crippen LogP contribution < -0.4 is 5.32 Å². The monoisotopic (exact) mass is 451 g/mol. The van der Waals surface area contributed by atoms with Crippen LogP contribution in [0.15, 0.2) is 26.5 Å². The van der Waals surface area contributed by atoms with Crippen LogP contribution in [0, 0.1) is 6.92 Å². The summed E-state index contributed by atoms with van der Waals surface area (Å²) in [5, 5.41) is 14.0. The lowest BCUT2D eigenvalue weighted by molar-refractivity contribution is 0.0698. The van der Waals surface area contributed by atoms with Crippen LogP contribution in [0.25, 0.3) is 0 Å². The van der Waals surface area contributed by atoms with Crippen LogP contribution in [0.3, 0.4) is 0 Å². The average Bonchev–Trinajstić information content (AvgIpc) is 2.72. The van der Waals surface area contributed by atoms with Crippen molar-refractivity contribution in [1.29, 1.82) is 0 Å². The zero-order valence-electron chi connectivity index (χ0n) is 10.5. The first-order chi connectivity index (χ1) is 9.81. The third-order valence-corrected chi connectivity index (χ3v) is 5.41. The molecule has 21 heavy (non-hydrogen) atoms. The highest BCUT2D eigenvalue weighted by molar-refractivity contribution is 9.11. The molecular weight excluding hydrogens is 445 g/mol. The van der Waals surface area contributed by atoms with Crippen molar-refractivity contribution in [3.05, 3.63) is 47.5 Å². The van der Waals surface area contributed by atoms with Gasteiger partial charge < -0.3 is 10.4 Å². The average molecular weight is 454 g/mol. The van der Waals surface area contributed by atoms with Gasteiger partial charge in [-0.3, -0.25) is 4.79 Å². The first kappa shape index (κ1) is 16.5. The third kappa shape index (κ3) is 3.48. The van der Waals surface area contributed by atoms with Crippen LogP contribution in [0.5, 0.6) is 0 Å². The predicted octanol–water partition coefficient (Wildman–Crippen LogP) is 5.19. The van der Waals surface area contributed by atoms with Crippen molar-refractivity contribution in [3.63, 3.8) is 0 Å². The van der Waals surface area contributed by atoms with Crippen molar-refractivity contribution in [2.24, 2.45) is 0 Å². The molecule has 0 atom stereocenters. The van der Waals surface area contributed by atoms with Gasteiger partial charge in [0.05, 0.1) is 16.3 Å². The molecule has 0 aliphatic heterocycles. The van der Waals surface area contributed by atoms with Gasteiger partial charge in [-0.2, -0.15) is 0 Å². The molecule has 110 valence electrons. The van der Waals surface area contributed by atoms with E-state index in [0.717, 1.165) is 5.56 Å². The van der Waals surface area contributed by atoms with Gasteiger partial charge in [-0.25, -0.2) is 4.79 Å². The highest BCUT2D eigenvalue weighted by Crippen LogP contribution is 2.33. The van der Waals surface area contributed by atoms with Crippen molar-refractivity contribution in [2.45, 2.75) is 6.92 Å². The van der Waals surface area contributed by atoms with Crippen LogP contribution in [-0.4, -0.2) is 17.0 Å². The summed E-state index contributed by atoms with van der Waals surface area (Å²) in [6.07, 6.45) is 0. The van der Waals surface area contributed by atoms with Gasteiger partial charge in [0.25, 0.3) is 5.91 Å². The minimum Gasteiger partial charge on any atom is -0.478 e. The zero-order chi connectivity index (χ0) is 15.7. The number of nitrogens with one attached hydrogen (secondary N) is 1. The Morgan fingerprint density at radius 1 is 1.33 bits per heavy atom. The molecule has 4 nitrogen and oxygen atoms in total. The second-order valence-corrected chi connectivity index (χ2v) is 7.16. The number of amides is 1. The Hall–Kier alpha value is -0.890. The Morgan fingerprint density at radius 2 is 2.00 bits per heavy atom. The first-order valence-electron chi connectivity index (χ1n) is 5.58. The van der Waals surface area contributed by atoms with Gasteiger partial charge in [0.2, 0.25) is 0 Å². The number of carbonyl (C=O) groups is 2. The molecule has 1 heterocycles. The lowest BCUT2D eigenvalue weighted by Crippen LogP contribution is -2.14. The molecule has 0 radical (unpaired) electrons. The fraction of sp³-hybridized carbons (Fsp3) is 0.0769. The molecule has 0 aliphatic carbocycles. The van der Waals surface area contributed by atoms with Gasteiger partial charge in [-0.15, -0.1) is 11.3 Å². The molecule has 0 fully saturated rings. The topological polar surface area (TPSA) is 66.4 Å². The Morgan fingerprint density at radius 3 is 2.52 bits per heavy atom. The highest BCUT2D eigenvalue weighted by Gasteiger charge is 2.20. The predicted molar refractivity (Wildman–Crippen MR) is 90.8 cm³/mol. The summed E-state index contributed by atoms with van der Waals surface area (Å²) in [6, 6.07) is 3.08. The normalized spacial score (nSPS) is 10.5.